The molecule has 1 N–H and O–H groups in total. The van der Waals surface area contributed by atoms with E-state index in [1.54, 1.807) is 17.1 Å². The summed E-state index contributed by atoms with van der Waals surface area (Å²) in [5.74, 6) is 2.05. The van der Waals surface area contributed by atoms with Crippen LogP contribution in [-0.4, -0.2) is 31.5 Å². The van der Waals surface area contributed by atoms with Crippen molar-refractivity contribution in [1.82, 2.24) is 25.0 Å². The predicted molar refractivity (Wildman–Crippen MR) is 64.6 cm³/mol. The van der Waals surface area contributed by atoms with Gasteiger partial charge in [0.1, 0.15) is 11.6 Å². The average Bonchev–Trinajstić information content (AvgIpc) is 2.82. The zero-order chi connectivity index (χ0) is 12.1. The number of nitrogens with one attached hydrogen (secondary N) is 1. The predicted octanol–water partition coefficient (Wildman–Crippen LogP) is 1.30. The standard InChI is InChI=1S/C11H16N6/c1-9(2)11-13-4-3-10(15-11)12-5-7-17-8-6-14-16-17/h3-4,6,8-9H,5,7H2,1-2H3,(H,12,13,15). The topological polar surface area (TPSA) is 68.5 Å². The first-order valence-electron chi connectivity index (χ1n) is 5.66. The van der Waals surface area contributed by atoms with E-state index in [9.17, 15) is 0 Å². The second-order valence-corrected chi connectivity index (χ2v) is 4.05. The number of hydrogen-bond acceptors (Lipinski definition) is 5. The SMILES string of the molecule is CC(C)c1nccc(NCCn2ccnn2)n1. The van der Waals surface area contributed by atoms with Crippen molar-refractivity contribution < 1.29 is 0 Å². The number of anilines is 1. The summed E-state index contributed by atoms with van der Waals surface area (Å²) >= 11 is 0. The van der Waals surface area contributed by atoms with Crippen LogP contribution in [0.5, 0.6) is 0 Å². The molecule has 17 heavy (non-hydrogen) atoms. The van der Waals surface area contributed by atoms with E-state index in [-0.39, 0.29) is 0 Å². The highest BCUT2D eigenvalue weighted by Gasteiger charge is 2.03. The Morgan fingerprint density at radius 1 is 1.35 bits per heavy atom. The van der Waals surface area contributed by atoms with Crippen molar-refractivity contribution in [3.8, 4) is 0 Å². The molecule has 2 rings (SSSR count). The van der Waals surface area contributed by atoms with Gasteiger partial charge in [-0.05, 0) is 6.07 Å². The van der Waals surface area contributed by atoms with Gasteiger partial charge in [-0.3, -0.25) is 4.68 Å². The van der Waals surface area contributed by atoms with Crippen molar-refractivity contribution in [3.05, 3.63) is 30.5 Å². The van der Waals surface area contributed by atoms with E-state index in [2.05, 4.69) is 39.4 Å². The zero-order valence-corrected chi connectivity index (χ0v) is 10.0. The largest absolute Gasteiger partial charge is 0.368 e. The fraction of sp³-hybridized carbons (Fsp3) is 0.455. The summed E-state index contributed by atoms with van der Waals surface area (Å²) in [4.78, 5) is 8.64. The molecule has 0 bridgehead atoms. The molecule has 90 valence electrons. The van der Waals surface area contributed by atoms with Crippen LogP contribution in [0.25, 0.3) is 0 Å². The lowest BCUT2D eigenvalue weighted by Gasteiger charge is -2.08. The fourth-order valence-electron chi connectivity index (χ4n) is 1.40. The second kappa shape index (κ2) is 5.38. The molecule has 0 atom stereocenters. The lowest BCUT2D eigenvalue weighted by molar-refractivity contribution is 0.608. The molecule has 0 aliphatic rings. The molecule has 0 saturated heterocycles. The lowest BCUT2D eigenvalue weighted by atomic mass is 10.2. The molecule has 0 aliphatic heterocycles. The van der Waals surface area contributed by atoms with Gasteiger partial charge in [-0.15, -0.1) is 5.10 Å². The van der Waals surface area contributed by atoms with Crippen molar-refractivity contribution in [2.45, 2.75) is 26.3 Å². The first-order valence-corrected chi connectivity index (χ1v) is 5.66. The molecule has 0 saturated carbocycles. The minimum Gasteiger partial charge on any atom is -0.368 e. The molecule has 0 fully saturated rings. The number of hydrogen-bond donors (Lipinski definition) is 1. The number of nitrogens with zero attached hydrogens (tertiary/aromatic N) is 5. The van der Waals surface area contributed by atoms with Crippen LogP contribution in [0.1, 0.15) is 25.6 Å². The van der Waals surface area contributed by atoms with E-state index in [1.165, 1.54) is 0 Å². The molecule has 0 amide bonds. The minimum atomic E-state index is 0.340. The average molecular weight is 232 g/mol. The Hall–Kier alpha value is -1.98. The Morgan fingerprint density at radius 3 is 2.94 bits per heavy atom. The summed E-state index contributed by atoms with van der Waals surface area (Å²) < 4.78 is 1.78. The van der Waals surface area contributed by atoms with Crippen LogP contribution in [0.2, 0.25) is 0 Å². The Balaban J connectivity index is 1.88. The summed E-state index contributed by atoms with van der Waals surface area (Å²) in [6.45, 7) is 5.68. The van der Waals surface area contributed by atoms with Crippen LogP contribution in [0.3, 0.4) is 0 Å². The Bertz CT molecular complexity index is 451. The normalized spacial score (nSPS) is 10.8. The Kier molecular flexibility index (Phi) is 3.64. The van der Waals surface area contributed by atoms with E-state index in [0.717, 1.165) is 24.7 Å². The van der Waals surface area contributed by atoms with Gasteiger partial charge in [-0.25, -0.2) is 9.97 Å². The maximum absolute atomic E-state index is 4.42. The maximum atomic E-state index is 4.42. The van der Waals surface area contributed by atoms with Gasteiger partial charge in [0.2, 0.25) is 0 Å². The van der Waals surface area contributed by atoms with E-state index < -0.39 is 0 Å². The van der Waals surface area contributed by atoms with Crippen LogP contribution in [-0.2, 0) is 6.54 Å². The monoisotopic (exact) mass is 232 g/mol. The third kappa shape index (κ3) is 3.24. The molecular weight excluding hydrogens is 216 g/mol. The van der Waals surface area contributed by atoms with Crippen LogP contribution in [0.15, 0.2) is 24.7 Å². The van der Waals surface area contributed by atoms with Gasteiger partial charge >= 0.3 is 0 Å². The van der Waals surface area contributed by atoms with E-state index >= 15 is 0 Å². The summed E-state index contributed by atoms with van der Waals surface area (Å²) in [5.41, 5.74) is 0. The van der Waals surface area contributed by atoms with Gasteiger partial charge in [0.05, 0.1) is 12.7 Å². The highest BCUT2D eigenvalue weighted by Crippen LogP contribution is 2.10. The van der Waals surface area contributed by atoms with E-state index in [4.69, 9.17) is 0 Å². The van der Waals surface area contributed by atoms with E-state index in [0.29, 0.717) is 5.92 Å². The lowest BCUT2D eigenvalue weighted by Crippen LogP contribution is -2.12. The quantitative estimate of drug-likeness (QED) is 0.841. The van der Waals surface area contributed by atoms with Crippen molar-refractivity contribution in [2.24, 2.45) is 0 Å². The first kappa shape index (κ1) is 11.5. The highest BCUT2D eigenvalue weighted by atomic mass is 15.4. The molecule has 2 heterocycles. The van der Waals surface area contributed by atoms with Gasteiger partial charge in [0.15, 0.2) is 0 Å². The van der Waals surface area contributed by atoms with Gasteiger partial charge < -0.3 is 5.32 Å². The molecule has 0 spiro atoms. The molecule has 2 aromatic heterocycles. The fourth-order valence-corrected chi connectivity index (χ4v) is 1.40. The first-order chi connectivity index (χ1) is 8.25. The summed E-state index contributed by atoms with van der Waals surface area (Å²) in [6.07, 6.45) is 5.28. The van der Waals surface area contributed by atoms with Gasteiger partial charge in [0.25, 0.3) is 0 Å². The third-order valence-electron chi connectivity index (χ3n) is 2.31. The molecule has 0 aromatic carbocycles. The minimum absolute atomic E-state index is 0.340. The van der Waals surface area contributed by atoms with Gasteiger partial charge in [0, 0.05) is 24.9 Å². The van der Waals surface area contributed by atoms with Crippen LogP contribution >= 0.6 is 0 Å². The van der Waals surface area contributed by atoms with Crippen LogP contribution < -0.4 is 5.32 Å². The zero-order valence-electron chi connectivity index (χ0n) is 10.0. The molecular formula is C11H16N6. The van der Waals surface area contributed by atoms with E-state index in [1.807, 2.05) is 12.3 Å². The van der Waals surface area contributed by atoms with Crippen molar-refractivity contribution >= 4 is 5.82 Å². The molecule has 0 unspecified atom stereocenters. The van der Waals surface area contributed by atoms with Gasteiger partial charge in [-0.2, -0.15) is 0 Å². The van der Waals surface area contributed by atoms with Crippen LogP contribution in [0, 0.1) is 0 Å². The number of rotatable bonds is 5. The smallest absolute Gasteiger partial charge is 0.133 e. The van der Waals surface area contributed by atoms with Crippen molar-refractivity contribution in [1.29, 1.82) is 0 Å². The second-order valence-electron chi connectivity index (χ2n) is 4.05. The molecule has 6 nitrogen and oxygen atoms in total. The maximum Gasteiger partial charge on any atom is 0.133 e. The van der Waals surface area contributed by atoms with Crippen molar-refractivity contribution in [2.75, 3.05) is 11.9 Å². The van der Waals surface area contributed by atoms with Crippen molar-refractivity contribution in [3.63, 3.8) is 0 Å². The molecule has 0 radical (unpaired) electrons. The molecule has 6 heteroatoms. The molecule has 0 aliphatic carbocycles. The third-order valence-corrected chi connectivity index (χ3v) is 2.31. The Morgan fingerprint density at radius 2 is 2.24 bits per heavy atom. The Labute approximate surface area is 100 Å². The van der Waals surface area contributed by atoms with Gasteiger partial charge in [-0.1, -0.05) is 19.1 Å². The number of aromatic nitrogens is 5. The van der Waals surface area contributed by atoms with Crippen LogP contribution in [0.4, 0.5) is 5.82 Å². The summed E-state index contributed by atoms with van der Waals surface area (Å²) in [6, 6.07) is 1.87. The summed E-state index contributed by atoms with van der Waals surface area (Å²) in [7, 11) is 0. The highest BCUT2D eigenvalue weighted by molar-refractivity contribution is 5.32. The summed E-state index contributed by atoms with van der Waals surface area (Å²) in [5, 5.41) is 10.9. The molecule has 2 aromatic rings.